The Balaban J connectivity index is 2.14. The molecule has 1 atom stereocenters. The molecule has 20 heavy (non-hydrogen) atoms. The van der Waals surface area contributed by atoms with Gasteiger partial charge in [0, 0.05) is 5.69 Å². The molecular formula is C13H14N4O3. The first-order chi connectivity index (χ1) is 9.61. The highest BCUT2D eigenvalue weighted by Gasteiger charge is 2.21. The fourth-order valence-electron chi connectivity index (χ4n) is 1.83. The lowest BCUT2D eigenvalue weighted by Crippen LogP contribution is -2.25. The van der Waals surface area contributed by atoms with E-state index in [0.717, 1.165) is 6.20 Å². The molecule has 2 rings (SSSR count). The summed E-state index contributed by atoms with van der Waals surface area (Å²) in [6.07, 6.45) is 2.88. The largest absolute Gasteiger partial charge is 0.324 e. The molecule has 0 spiro atoms. The molecule has 0 saturated carbocycles. The molecule has 1 unspecified atom stereocenters. The number of rotatable bonds is 5. The van der Waals surface area contributed by atoms with Crippen LogP contribution in [0.15, 0.2) is 42.7 Å². The van der Waals surface area contributed by atoms with Crippen LogP contribution in [0.4, 0.5) is 11.4 Å². The van der Waals surface area contributed by atoms with Crippen molar-refractivity contribution in [3.8, 4) is 0 Å². The molecule has 104 valence electrons. The normalized spacial score (nSPS) is 11.8. The van der Waals surface area contributed by atoms with E-state index in [1.54, 1.807) is 12.1 Å². The zero-order chi connectivity index (χ0) is 14.5. The van der Waals surface area contributed by atoms with Crippen molar-refractivity contribution >= 4 is 17.3 Å². The Bertz CT molecular complexity index is 609. The second kappa shape index (κ2) is 5.96. The summed E-state index contributed by atoms with van der Waals surface area (Å²) in [6.45, 7) is 1.82. The van der Waals surface area contributed by atoms with Crippen molar-refractivity contribution in [3.05, 3.63) is 52.8 Å². The standard InChI is InChI=1S/C13H14N4O3/c1-2-12(16-9-11(8-14-16)17(19)20)13(18)15-10-6-4-3-5-7-10/h3-9,12H,2H2,1H3,(H,15,18). The number of amides is 1. The average Bonchev–Trinajstić information content (AvgIpc) is 2.90. The van der Waals surface area contributed by atoms with Crippen LogP contribution in [0.3, 0.4) is 0 Å². The Hall–Kier alpha value is -2.70. The van der Waals surface area contributed by atoms with Gasteiger partial charge < -0.3 is 5.32 Å². The number of nitrogens with zero attached hydrogens (tertiary/aromatic N) is 3. The summed E-state index contributed by atoms with van der Waals surface area (Å²) >= 11 is 0. The van der Waals surface area contributed by atoms with E-state index in [0.29, 0.717) is 12.1 Å². The van der Waals surface area contributed by atoms with Crippen LogP contribution in [-0.2, 0) is 4.79 Å². The molecule has 1 heterocycles. The van der Waals surface area contributed by atoms with Gasteiger partial charge in [0.2, 0.25) is 5.91 Å². The van der Waals surface area contributed by atoms with Crippen molar-refractivity contribution in [2.45, 2.75) is 19.4 Å². The number of carbonyl (C=O) groups excluding carboxylic acids is 1. The van der Waals surface area contributed by atoms with Crippen LogP contribution in [0.2, 0.25) is 0 Å². The molecule has 0 bridgehead atoms. The molecular weight excluding hydrogens is 260 g/mol. The molecule has 0 aliphatic heterocycles. The highest BCUT2D eigenvalue weighted by Crippen LogP contribution is 2.18. The third kappa shape index (κ3) is 3.00. The van der Waals surface area contributed by atoms with Crippen molar-refractivity contribution < 1.29 is 9.72 Å². The van der Waals surface area contributed by atoms with Crippen molar-refractivity contribution in [1.82, 2.24) is 9.78 Å². The summed E-state index contributed by atoms with van der Waals surface area (Å²) in [4.78, 5) is 22.3. The van der Waals surface area contributed by atoms with Gasteiger partial charge in [0.1, 0.15) is 18.4 Å². The van der Waals surface area contributed by atoms with E-state index >= 15 is 0 Å². The summed E-state index contributed by atoms with van der Waals surface area (Å²) in [5.41, 5.74) is 0.550. The first kappa shape index (κ1) is 13.7. The maximum Gasteiger partial charge on any atom is 0.307 e. The fourth-order valence-corrected chi connectivity index (χ4v) is 1.83. The van der Waals surface area contributed by atoms with E-state index in [2.05, 4.69) is 10.4 Å². The summed E-state index contributed by atoms with van der Waals surface area (Å²) in [7, 11) is 0. The maximum atomic E-state index is 12.2. The highest BCUT2D eigenvalue weighted by molar-refractivity contribution is 5.93. The third-order valence-electron chi connectivity index (χ3n) is 2.85. The monoisotopic (exact) mass is 274 g/mol. The minimum absolute atomic E-state index is 0.129. The third-order valence-corrected chi connectivity index (χ3v) is 2.85. The lowest BCUT2D eigenvalue weighted by molar-refractivity contribution is -0.385. The van der Waals surface area contributed by atoms with Gasteiger partial charge in [-0.3, -0.25) is 19.6 Å². The van der Waals surface area contributed by atoms with E-state index < -0.39 is 11.0 Å². The van der Waals surface area contributed by atoms with Gasteiger partial charge in [0.15, 0.2) is 0 Å². The number of carbonyl (C=O) groups is 1. The van der Waals surface area contributed by atoms with E-state index in [1.165, 1.54) is 10.9 Å². The molecule has 0 aliphatic carbocycles. The topological polar surface area (TPSA) is 90.1 Å². The van der Waals surface area contributed by atoms with Crippen LogP contribution in [-0.4, -0.2) is 20.6 Å². The van der Waals surface area contributed by atoms with Crippen molar-refractivity contribution in [1.29, 1.82) is 0 Å². The molecule has 2 aromatic rings. The molecule has 7 heteroatoms. The number of benzene rings is 1. The van der Waals surface area contributed by atoms with Crippen molar-refractivity contribution in [2.75, 3.05) is 5.32 Å². The van der Waals surface area contributed by atoms with Crippen molar-refractivity contribution in [3.63, 3.8) is 0 Å². The molecule has 0 saturated heterocycles. The molecule has 1 N–H and O–H groups in total. The zero-order valence-electron chi connectivity index (χ0n) is 10.9. The average molecular weight is 274 g/mol. The highest BCUT2D eigenvalue weighted by atomic mass is 16.6. The summed E-state index contributed by atoms with van der Waals surface area (Å²) in [5.74, 6) is -0.253. The number of para-hydroxylation sites is 1. The van der Waals surface area contributed by atoms with E-state index in [4.69, 9.17) is 0 Å². The molecule has 0 radical (unpaired) electrons. The first-order valence-corrected chi connectivity index (χ1v) is 6.16. The minimum atomic E-state index is -0.580. The minimum Gasteiger partial charge on any atom is -0.324 e. The predicted molar refractivity (Wildman–Crippen MR) is 73.3 cm³/mol. The number of aromatic nitrogens is 2. The molecule has 1 aromatic heterocycles. The number of anilines is 1. The Morgan fingerprint density at radius 1 is 1.45 bits per heavy atom. The van der Waals surface area contributed by atoms with E-state index in [9.17, 15) is 14.9 Å². The van der Waals surface area contributed by atoms with E-state index in [1.807, 2.05) is 25.1 Å². The molecule has 0 aliphatic rings. The molecule has 0 fully saturated rings. The van der Waals surface area contributed by atoms with Crippen LogP contribution in [0.25, 0.3) is 0 Å². The summed E-state index contributed by atoms with van der Waals surface area (Å²) < 4.78 is 1.32. The molecule has 1 amide bonds. The predicted octanol–water partition coefficient (Wildman–Crippen LogP) is 2.38. The van der Waals surface area contributed by atoms with Crippen LogP contribution >= 0.6 is 0 Å². The van der Waals surface area contributed by atoms with Crippen LogP contribution < -0.4 is 5.32 Å². The van der Waals surface area contributed by atoms with Gasteiger partial charge in [0.25, 0.3) is 0 Å². The Labute approximate surface area is 115 Å². The number of hydrogen-bond acceptors (Lipinski definition) is 4. The Morgan fingerprint density at radius 2 is 2.15 bits per heavy atom. The number of nitro groups is 1. The van der Waals surface area contributed by atoms with Gasteiger partial charge in [-0.15, -0.1) is 0 Å². The quantitative estimate of drug-likeness (QED) is 0.669. The number of nitrogens with one attached hydrogen (secondary N) is 1. The van der Waals surface area contributed by atoms with Gasteiger partial charge in [-0.1, -0.05) is 25.1 Å². The van der Waals surface area contributed by atoms with Gasteiger partial charge in [0.05, 0.1) is 4.92 Å². The van der Waals surface area contributed by atoms with Gasteiger partial charge in [-0.25, -0.2) is 0 Å². The molecule has 1 aromatic carbocycles. The summed E-state index contributed by atoms with van der Waals surface area (Å²) in [6, 6.07) is 8.45. The number of hydrogen-bond donors (Lipinski definition) is 1. The van der Waals surface area contributed by atoms with Crippen LogP contribution in [0.1, 0.15) is 19.4 Å². The van der Waals surface area contributed by atoms with Gasteiger partial charge in [-0.2, -0.15) is 5.10 Å². The van der Waals surface area contributed by atoms with Gasteiger partial charge in [-0.05, 0) is 18.6 Å². The van der Waals surface area contributed by atoms with Crippen molar-refractivity contribution in [2.24, 2.45) is 0 Å². The molecule has 7 nitrogen and oxygen atoms in total. The Kier molecular flexibility index (Phi) is 4.09. The Morgan fingerprint density at radius 3 is 2.70 bits per heavy atom. The lowest BCUT2D eigenvalue weighted by atomic mass is 10.2. The fraction of sp³-hybridized carbons (Fsp3) is 0.231. The zero-order valence-corrected chi connectivity index (χ0v) is 10.9. The van der Waals surface area contributed by atoms with Crippen LogP contribution in [0.5, 0.6) is 0 Å². The smallest absolute Gasteiger partial charge is 0.307 e. The van der Waals surface area contributed by atoms with Gasteiger partial charge >= 0.3 is 5.69 Å². The SMILES string of the molecule is CCC(C(=O)Nc1ccccc1)n1cc([N+](=O)[O-])cn1. The van der Waals surface area contributed by atoms with E-state index in [-0.39, 0.29) is 11.6 Å². The second-order valence-corrected chi connectivity index (χ2v) is 4.21. The summed E-state index contributed by atoms with van der Waals surface area (Å²) in [5, 5.41) is 17.3. The maximum absolute atomic E-state index is 12.2. The first-order valence-electron chi connectivity index (χ1n) is 6.16. The lowest BCUT2D eigenvalue weighted by Gasteiger charge is -2.15. The van der Waals surface area contributed by atoms with Crippen LogP contribution in [0, 0.1) is 10.1 Å². The second-order valence-electron chi connectivity index (χ2n) is 4.21.